The molecule has 0 unspecified atom stereocenters. The number of fused-ring (bicyclic) bond motifs is 1. The van der Waals surface area contributed by atoms with Gasteiger partial charge < -0.3 is 16.0 Å². The maximum atomic E-state index is 11.3. The molecule has 9 nitrogen and oxygen atoms in total. The lowest BCUT2D eigenvalue weighted by molar-refractivity contribution is -0.114. The highest BCUT2D eigenvalue weighted by molar-refractivity contribution is 7.08. The second-order valence-corrected chi connectivity index (χ2v) is 8.04. The third kappa shape index (κ3) is 4.65. The molecule has 0 atom stereocenters. The summed E-state index contributed by atoms with van der Waals surface area (Å²) in [6.07, 6.45) is 5.29. The Balaban J connectivity index is 1.49. The van der Waals surface area contributed by atoms with E-state index in [-0.39, 0.29) is 5.91 Å². The van der Waals surface area contributed by atoms with Gasteiger partial charge in [-0.05, 0) is 47.3 Å². The van der Waals surface area contributed by atoms with Gasteiger partial charge >= 0.3 is 0 Å². The fraction of sp³-hybridized carbons (Fsp3) is 0.0870. The van der Waals surface area contributed by atoms with Crippen LogP contribution in [0.2, 0.25) is 0 Å². The first kappa shape index (κ1) is 20.6. The number of carbonyl (C=O) groups excluding carboxylic acids is 1. The summed E-state index contributed by atoms with van der Waals surface area (Å²) in [4.78, 5) is 29.4. The number of hydrogen-bond donors (Lipinski definition) is 3. The van der Waals surface area contributed by atoms with Crippen LogP contribution in [0.1, 0.15) is 12.5 Å². The molecule has 0 bridgehead atoms. The number of nitrogens with zero attached hydrogens (tertiary/aromatic N) is 5. The minimum atomic E-state index is -0.114. The maximum absolute atomic E-state index is 11.3. The quantitative estimate of drug-likeness (QED) is 0.329. The Labute approximate surface area is 193 Å². The van der Waals surface area contributed by atoms with Crippen molar-refractivity contribution >= 4 is 51.5 Å². The second-order valence-electron chi connectivity index (χ2n) is 7.26. The van der Waals surface area contributed by atoms with Crippen LogP contribution in [0.3, 0.4) is 0 Å². The van der Waals surface area contributed by atoms with Crippen molar-refractivity contribution in [2.45, 2.75) is 13.5 Å². The first-order valence-electron chi connectivity index (χ1n) is 10.2. The first-order valence-corrected chi connectivity index (χ1v) is 11.1. The molecule has 5 rings (SSSR count). The van der Waals surface area contributed by atoms with E-state index in [2.05, 4.69) is 30.9 Å². The number of pyridine rings is 1. The van der Waals surface area contributed by atoms with Crippen molar-refractivity contribution in [3.8, 4) is 5.69 Å². The summed E-state index contributed by atoms with van der Waals surface area (Å²) >= 11 is 1.61. The van der Waals surface area contributed by atoms with Crippen LogP contribution in [-0.2, 0) is 11.3 Å². The molecular weight excluding hydrogens is 436 g/mol. The van der Waals surface area contributed by atoms with E-state index in [1.54, 1.807) is 30.1 Å². The van der Waals surface area contributed by atoms with E-state index in [4.69, 9.17) is 4.98 Å². The fourth-order valence-corrected chi connectivity index (χ4v) is 3.94. The minimum absolute atomic E-state index is 0.114. The highest BCUT2D eigenvalue weighted by Crippen LogP contribution is 2.27. The number of aromatic nitrogens is 5. The Morgan fingerprint density at radius 2 is 1.94 bits per heavy atom. The predicted octanol–water partition coefficient (Wildman–Crippen LogP) is 4.59. The van der Waals surface area contributed by atoms with Crippen molar-refractivity contribution < 1.29 is 4.79 Å². The molecular formula is C23H20N8OS. The lowest BCUT2D eigenvalue weighted by atomic mass is 10.2. The molecule has 4 heterocycles. The van der Waals surface area contributed by atoms with Gasteiger partial charge in [-0.15, -0.1) is 0 Å². The Bertz CT molecular complexity index is 1380. The molecule has 1 aromatic carbocycles. The van der Waals surface area contributed by atoms with Gasteiger partial charge in [0.2, 0.25) is 11.9 Å². The minimum Gasteiger partial charge on any atom is -0.350 e. The molecule has 0 fully saturated rings. The molecule has 10 heteroatoms. The van der Waals surface area contributed by atoms with E-state index in [0.717, 1.165) is 22.6 Å². The van der Waals surface area contributed by atoms with Crippen molar-refractivity contribution in [3.63, 3.8) is 0 Å². The molecule has 3 N–H and O–H groups in total. The standard InChI is InChI=1S/C23H20N8OS/c1-15(32)27-17-4-6-18(7-5-17)28-21-20-22(31(14-26-20)19-8-10-33-13-19)30-23(29-21)25-12-16-3-2-9-24-11-16/h2-11,13-14H,12H2,1H3,(H,27,32)(H2,25,28,29,30). The molecule has 0 saturated heterocycles. The Kier molecular flexibility index (Phi) is 5.64. The van der Waals surface area contributed by atoms with Crippen LogP contribution >= 0.6 is 11.3 Å². The summed E-state index contributed by atoms with van der Waals surface area (Å²) in [5.74, 6) is 0.937. The fourth-order valence-electron chi connectivity index (χ4n) is 3.31. The number of amides is 1. The zero-order valence-corrected chi connectivity index (χ0v) is 18.5. The van der Waals surface area contributed by atoms with Crippen molar-refractivity contribution in [1.82, 2.24) is 24.5 Å². The molecule has 0 radical (unpaired) electrons. The number of anilines is 4. The number of imidazole rings is 1. The van der Waals surface area contributed by atoms with E-state index < -0.39 is 0 Å². The van der Waals surface area contributed by atoms with E-state index >= 15 is 0 Å². The number of nitrogens with one attached hydrogen (secondary N) is 3. The number of benzene rings is 1. The van der Waals surface area contributed by atoms with E-state index in [1.165, 1.54) is 6.92 Å². The average Bonchev–Trinajstić information content (AvgIpc) is 3.49. The molecule has 0 aliphatic rings. The SMILES string of the molecule is CC(=O)Nc1ccc(Nc2nc(NCc3cccnc3)nc3c2ncn3-c2ccsc2)cc1. The number of carbonyl (C=O) groups is 1. The number of rotatable bonds is 7. The smallest absolute Gasteiger partial charge is 0.227 e. The van der Waals surface area contributed by atoms with Crippen LogP contribution in [0.15, 0.2) is 71.9 Å². The van der Waals surface area contributed by atoms with Crippen molar-refractivity contribution in [2.75, 3.05) is 16.0 Å². The first-order chi connectivity index (χ1) is 16.2. The zero-order valence-electron chi connectivity index (χ0n) is 17.7. The average molecular weight is 457 g/mol. The normalized spacial score (nSPS) is 10.8. The van der Waals surface area contributed by atoms with Gasteiger partial charge in [0.15, 0.2) is 17.0 Å². The van der Waals surface area contributed by atoms with E-state index in [1.807, 2.05) is 57.8 Å². The summed E-state index contributed by atoms with van der Waals surface area (Å²) < 4.78 is 1.94. The van der Waals surface area contributed by atoms with Gasteiger partial charge in [-0.1, -0.05) is 6.07 Å². The van der Waals surface area contributed by atoms with Gasteiger partial charge in [0.1, 0.15) is 6.33 Å². The molecule has 5 aromatic rings. The molecule has 1 amide bonds. The van der Waals surface area contributed by atoms with Crippen LogP contribution in [0, 0.1) is 0 Å². The third-order valence-corrected chi connectivity index (χ3v) is 5.49. The lowest BCUT2D eigenvalue weighted by Crippen LogP contribution is -2.07. The molecule has 4 aromatic heterocycles. The summed E-state index contributed by atoms with van der Waals surface area (Å²) in [6, 6.07) is 13.3. The Hall–Kier alpha value is -4.31. The largest absolute Gasteiger partial charge is 0.350 e. The summed E-state index contributed by atoms with van der Waals surface area (Å²) in [5.41, 5.74) is 4.89. The zero-order chi connectivity index (χ0) is 22.6. The van der Waals surface area contributed by atoms with E-state index in [9.17, 15) is 4.79 Å². The lowest BCUT2D eigenvalue weighted by Gasteiger charge is -2.11. The molecule has 0 aliphatic heterocycles. The van der Waals surface area contributed by atoms with Gasteiger partial charge in [-0.3, -0.25) is 14.3 Å². The number of hydrogen-bond acceptors (Lipinski definition) is 8. The van der Waals surface area contributed by atoms with Crippen LogP contribution in [0.4, 0.5) is 23.1 Å². The van der Waals surface area contributed by atoms with E-state index in [0.29, 0.717) is 29.5 Å². The van der Waals surface area contributed by atoms with Crippen LogP contribution in [-0.4, -0.2) is 30.4 Å². The summed E-state index contributed by atoms with van der Waals surface area (Å²) in [6.45, 7) is 2.02. The van der Waals surface area contributed by atoms with Crippen molar-refractivity contribution in [3.05, 3.63) is 77.5 Å². The monoisotopic (exact) mass is 456 g/mol. The predicted molar refractivity (Wildman–Crippen MR) is 130 cm³/mol. The van der Waals surface area contributed by atoms with Gasteiger partial charge in [-0.25, -0.2) is 4.98 Å². The maximum Gasteiger partial charge on any atom is 0.227 e. The highest BCUT2D eigenvalue weighted by atomic mass is 32.1. The van der Waals surface area contributed by atoms with Crippen LogP contribution < -0.4 is 16.0 Å². The van der Waals surface area contributed by atoms with Gasteiger partial charge in [0.25, 0.3) is 0 Å². The van der Waals surface area contributed by atoms with Crippen molar-refractivity contribution in [2.24, 2.45) is 0 Å². The van der Waals surface area contributed by atoms with Gasteiger partial charge in [0.05, 0.1) is 5.69 Å². The molecule has 33 heavy (non-hydrogen) atoms. The summed E-state index contributed by atoms with van der Waals surface area (Å²) in [7, 11) is 0. The third-order valence-electron chi connectivity index (χ3n) is 4.82. The molecule has 0 aliphatic carbocycles. The van der Waals surface area contributed by atoms with Gasteiger partial charge in [0, 0.05) is 42.6 Å². The number of thiophene rings is 1. The molecule has 164 valence electrons. The summed E-state index contributed by atoms with van der Waals surface area (Å²) in [5, 5.41) is 13.4. The Morgan fingerprint density at radius 3 is 2.67 bits per heavy atom. The molecule has 0 spiro atoms. The molecule has 0 saturated carbocycles. The topological polar surface area (TPSA) is 110 Å². The Morgan fingerprint density at radius 1 is 1.09 bits per heavy atom. The second kappa shape index (κ2) is 9.05. The van der Waals surface area contributed by atoms with Crippen molar-refractivity contribution in [1.29, 1.82) is 0 Å². The highest BCUT2D eigenvalue weighted by Gasteiger charge is 2.15. The van der Waals surface area contributed by atoms with Gasteiger partial charge in [-0.2, -0.15) is 21.3 Å². The van der Waals surface area contributed by atoms with Crippen LogP contribution in [0.25, 0.3) is 16.9 Å². The van der Waals surface area contributed by atoms with Crippen LogP contribution in [0.5, 0.6) is 0 Å².